The molecule has 1 rings (SSSR count). The molecule has 0 aliphatic carbocycles. The van der Waals surface area contributed by atoms with Crippen LogP contribution in [0.2, 0.25) is 0 Å². The Balaban J connectivity index is 2.37. The Morgan fingerprint density at radius 2 is 2.35 bits per heavy atom. The summed E-state index contributed by atoms with van der Waals surface area (Å²) in [4.78, 5) is 15.8. The second kappa shape index (κ2) is 7.01. The second-order valence-electron chi connectivity index (χ2n) is 4.37. The van der Waals surface area contributed by atoms with E-state index < -0.39 is 0 Å². The van der Waals surface area contributed by atoms with Crippen LogP contribution in [-0.2, 0) is 11.2 Å². The van der Waals surface area contributed by atoms with Gasteiger partial charge in [0, 0.05) is 19.3 Å². The second-order valence-corrected chi connectivity index (χ2v) is 4.37. The molecule has 17 heavy (non-hydrogen) atoms. The fourth-order valence-electron chi connectivity index (χ4n) is 1.53. The van der Waals surface area contributed by atoms with Gasteiger partial charge in [0.05, 0.1) is 12.1 Å². The molecule has 0 saturated heterocycles. The highest BCUT2D eigenvalue weighted by Gasteiger charge is 2.08. The first-order valence-electron chi connectivity index (χ1n) is 5.91. The van der Waals surface area contributed by atoms with E-state index in [2.05, 4.69) is 10.3 Å². The molecular formula is C13H20N2O2. The van der Waals surface area contributed by atoms with Crippen LogP contribution in [0.4, 0.5) is 0 Å². The fraction of sp³-hybridized carbons (Fsp3) is 0.538. The number of aliphatic hydroxyl groups excluding tert-OH is 1. The Labute approximate surface area is 102 Å². The summed E-state index contributed by atoms with van der Waals surface area (Å²) in [6.07, 6.45) is 2.73. The lowest BCUT2D eigenvalue weighted by molar-refractivity contribution is -0.120. The van der Waals surface area contributed by atoms with Crippen LogP contribution in [0.3, 0.4) is 0 Å². The van der Waals surface area contributed by atoms with Crippen molar-refractivity contribution >= 4 is 5.91 Å². The molecule has 0 aliphatic rings. The fourth-order valence-corrected chi connectivity index (χ4v) is 1.53. The van der Waals surface area contributed by atoms with Gasteiger partial charge in [-0.1, -0.05) is 13.0 Å². The number of aromatic nitrogens is 1. The molecule has 1 atom stereocenters. The monoisotopic (exact) mass is 236 g/mol. The Kier molecular flexibility index (Phi) is 5.63. The topological polar surface area (TPSA) is 62.2 Å². The minimum Gasteiger partial charge on any atom is -0.396 e. The predicted molar refractivity (Wildman–Crippen MR) is 66.6 cm³/mol. The zero-order chi connectivity index (χ0) is 12.7. The van der Waals surface area contributed by atoms with Gasteiger partial charge in [0.2, 0.25) is 5.91 Å². The number of aryl methyl sites for hydroxylation is 1. The van der Waals surface area contributed by atoms with Crippen molar-refractivity contribution in [2.24, 2.45) is 5.92 Å². The average Bonchev–Trinajstić information content (AvgIpc) is 2.30. The van der Waals surface area contributed by atoms with Gasteiger partial charge in [-0.25, -0.2) is 0 Å². The van der Waals surface area contributed by atoms with Crippen LogP contribution < -0.4 is 5.32 Å². The summed E-state index contributed by atoms with van der Waals surface area (Å²) in [5.41, 5.74) is 1.85. The molecule has 4 heteroatoms. The van der Waals surface area contributed by atoms with E-state index in [1.807, 2.05) is 26.0 Å². The van der Waals surface area contributed by atoms with Crippen LogP contribution in [0.15, 0.2) is 18.3 Å². The maximum Gasteiger partial charge on any atom is 0.226 e. The molecule has 0 aromatic carbocycles. The van der Waals surface area contributed by atoms with Gasteiger partial charge in [0.1, 0.15) is 0 Å². The van der Waals surface area contributed by atoms with Crippen LogP contribution in [-0.4, -0.2) is 29.1 Å². The number of hydrogen-bond donors (Lipinski definition) is 2. The Morgan fingerprint density at radius 1 is 1.59 bits per heavy atom. The van der Waals surface area contributed by atoms with Gasteiger partial charge in [-0.05, 0) is 30.9 Å². The number of pyridine rings is 1. The Bertz CT molecular complexity index is 366. The van der Waals surface area contributed by atoms with E-state index in [0.29, 0.717) is 25.3 Å². The van der Waals surface area contributed by atoms with Crippen molar-refractivity contribution in [1.82, 2.24) is 10.3 Å². The first-order valence-corrected chi connectivity index (χ1v) is 5.91. The molecule has 0 radical (unpaired) electrons. The van der Waals surface area contributed by atoms with Crippen LogP contribution in [0.25, 0.3) is 0 Å². The summed E-state index contributed by atoms with van der Waals surface area (Å²) < 4.78 is 0. The van der Waals surface area contributed by atoms with Gasteiger partial charge in [-0.3, -0.25) is 9.78 Å². The van der Waals surface area contributed by atoms with Gasteiger partial charge < -0.3 is 10.4 Å². The van der Waals surface area contributed by atoms with Crippen molar-refractivity contribution in [3.63, 3.8) is 0 Å². The van der Waals surface area contributed by atoms with Gasteiger partial charge in [0.25, 0.3) is 0 Å². The van der Waals surface area contributed by atoms with E-state index >= 15 is 0 Å². The van der Waals surface area contributed by atoms with Gasteiger partial charge in [0.15, 0.2) is 0 Å². The first-order chi connectivity index (χ1) is 8.13. The number of aliphatic hydroxyl groups is 1. The standard InChI is InChI=1S/C13H20N2O2/c1-10(5-7-16)9-15-13(17)8-12-11(2)4-3-6-14-12/h3-4,6,10,16H,5,7-9H2,1-2H3,(H,15,17). The van der Waals surface area contributed by atoms with Gasteiger partial charge in [-0.2, -0.15) is 0 Å². The van der Waals surface area contributed by atoms with E-state index in [1.54, 1.807) is 6.20 Å². The minimum absolute atomic E-state index is 0.0170. The molecule has 1 heterocycles. The predicted octanol–water partition coefficient (Wildman–Crippen LogP) is 1.07. The minimum atomic E-state index is -0.0170. The highest BCUT2D eigenvalue weighted by molar-refractivity contribution is 5.78. The number of amides is 1. The van der Waals surface area contributed by atoms with Crippen LogP contribution in [0.1, 0.15) is 24.6 Å². The molecule has 0 bridgehead atoms. The molecule has 1 aromatic rings. The first kappa shape index (κ1) is 13.6. The van der Waals surface area contributed by atoms with Crippen molar-refractivity contribution < 1.29 is 9.90 Å². The summed E-state index contributed by atoms with van der Waals surface area (Å²) in [5.74, 6) is 0.283. The number of hydrogen-bond acceptors (Lipinski definition) is 3. The third-order valence-electron chi connectivity index (χ3n) is 2.72. The van der Waals surface area contributed by atoms with E-state index in [1.165, 1.54) is 0 Å². The van der Waals surface area contributed by atoms with Crippen LogP contribution >= 0.6 is 0 Å². The number of carbonyl (C=O) groups is 1. The average molecular weight is 236 g/mol. The Morgan fingerprint density at radius 3 is 3.00 bits per heavy atom. The molecule has 1 aromatic heterocycles. The molecule has 2 N–H and O–H groups in total. The van der Waals surface area contributed by atoms with E-state index in [9.17, 15) is 4.79 Å². The van der Waals surface area contributed by atoms with Crippen molar-refractivity contribution in [1.29, 1.82) is 0 Å². The molecule has 0 spiro atoms. The van der Waals surface area contributed by atoms with Crippen LogP contribution in [0.5, 0.6) is 0 Å². The lowest BCUT2D eigenvalue weighted by Crippen LogP contribution is -2.30. The molecule has 4 nitrogen and oxygen atoms in total. The quantitative estimate of drug-likeness (QED) is 0.776. The summed E-state index contributed by atoms with van der Waals surface area (Å²) in [6, 6.07) is 3.81. The molecule has 0 fully saturated rings. The molecule has 1 unspecified atom stereocenters. The summed E-state index contributed by atoms with van der Waals surface area (Å²) in [5, 5.41) is 11.6. The van der Waals surface area contributed by atoms with E-state index in [0.717, 1.165) is 11.3 Å². The van der Waals surface area contributed by atoms with Crippen molar-refractivity contribution in [3.05, 3.63) is 29.6 Å². The largest absolute Gasteiger partial charge is 0.396 e. The lowest BCUT2D eigenvalue weighted by Gasteiger charge is -2.11. The zero-order valence-electron chi connectivity index (χ0n) is 10.4. The number of nitrogens with zero attached hydrogens (tertiary/aromatic N) is 1. The Hall–Kier alpha value is -1.42. The molecule has 1 amide bonds. The van der Waals surface area contributed by atoms with Crippen molar-refractivity contribution in [2.45, 2.75) is 26.7 Å². The zero-order valence-corrected chi connectivity index (χ0v) is 10.4. The third-order valence-corrected chi connectivity index (χ3v) is 2.72. The smallest absolute Gasteiger partial charge is 0.226 e. The third kappa shape index (κ3) is 4.95. The SMILES string of the molecule is Cc1cccnc1CC(=O)NCC(C)CCO. The number of rotatable bonds is 6. The highest BCUT2D eigenvalue weighted by atomic mass is 16.3. The molecule has 94 valence electrons. The lowest BCUT2D eigenvalue weighted by atomic mass is 10.1. The molecule has 0 aliphatic heterocycles. The molecular weight excluding hydrogens is 216 g/mol. The highest BCUT2D eigenvalue weighted by Crippen LogP contribution is 2.04. The molecule has 0 saturated carbocycles. The van der Waals surface area contributed by atoms with Crippen molar-refractivity contribution in [2.75, 3.05) is 13.2 Å². The van der Waals surface area contributed by atoms with Gasteiger partial charge in [-0.15, -0.1) is 0 Å². The maximum absolute atomic E-state index is 11.7. The maximum atomic E-state index is 11.7. The van der Waals surface area contributed by atoms with E-state index in [-0.39, 0.29) is 12.5 Å². The summed E-state index contributed by atoms with van der Waals surface area (Å²) >= 11 is 0. The normalized spacial score (nSPS) is 12.2. The van der Waals surface area contributed by atoms with Crippen LogP contribution in [0, 0.1) is 12.8 Å². The van der Waals surface area contributed by atoms with E-state index in [4.69, 9.17) is 5.11 Å². The van der Waals surface area contributed by atoms with Gasteiger partial charge >= 0.3 is 0 Å². The number of nitrogens with one attached hydrogen (secondary N) is 1. The number of carbonyl (C=O) groups excluding carboxylic acids is 1. The summed E-state index contributed by atoms with van der Waals surface area (Å²) in [6.45, 7) is 4.72. The summed E-state index contributed by atoms with van der Waals surface area (Å²) in [7, 11) is 0. The van der Waals surface area contributed by atoms with Crippen molar-refractivity contribution in [3.8, 4) is 0 Å².